The number of aromatic nitrogens is 2. The molecule has 0 aliphatic heterocycles. The van der Waals surface area contributed by atoms with Crippen molar-refractivity contribution in [3.05, 3.63) is 52.3 Å². The lowest BCUT2D eigenvalue weighted by molar-refractivity contribution is -0.122. The fraction of sp³-hybridized carbons (Fsp3) is 0.412. The predicted molar refractivity (Wildman–Crippen MR) is 89.5 cm³/mol. The third-order valence-electron chi connectivity index (χ3n) is 4.13. The Morgan fingerprint density at radius 1 is 1.41 bits per heavy atom. The molecule has 22 heavy (non-hydrogen) atoms. The van der Waals surface area contributed by atoms with E-state index in [1.54, 1.807) is 4.68 Å². The van der Waals surface area contributed by atoms with Crippen molar-refractivity contribution >= 4 is 21.8 Å². The quantitative estimate of drug-likeness (QED) is 0.803. The molecular weight excluding hydrogens is 342 g/mol. The number of hydrogen-bond donors (Lipinski definition) is 1. The molecule has 1 heterocycles. The van der Waals surface area contributed by atoms with Gasteiger partial charge < -0.3 is 5.32 Å². The van der Waals surface area contributed by atoms with Gasteiger partial charge in [0.25, 0.3) is 0 Å². The minimum Gasteiger partial charge on any atom is -0.356 e. The molecule has 0 radical (unpaired) electrons. The second kappa shape index (κ2) is 6.65. The van der Waals surface area contributed by atoms with Gasteiger partial charge in [0, 0.05) is 30.2 Å². The van der Waals surface area contributed by atoms with Crippen LogP contribution in [0.1, 0.15) is 29.9 Å². The van der Waals surface area contributed by atoms with Crippen molar-refractivity contribution in [1.82, 2.24) is 15.1 Å². The number of amides is 1. The number of aryl methyl sites for hydroxylation is 2. The average molecular weight is 362 g/mol. The molecule has 0 bridgehead atoms. The van der Waals surface area contributed by atoms with Crippen LogP contribution in [-0.4, -0.2) is 22.2 Å². The molecule has 3 rings (SSSR count). The van der Waals surface area contributed by atoms with Crippen LogP contribution in [-0.2, 0) is 18.3 Å². The highest BCUT2D eigenvalue weighted by Gasteiger charge is 2.43. The van der Waals surface area contributed by atoms with Gasteiger partial charge in [-0.2, -0.15) is 5.10 Å². The van der Waals surface area contributed by atoms with Crippen molar-refractivity contribution in [3.8, 4) is 0 Å². The van der Waals surface area contributed by atoms with Gasteiger partial charge >= 0.3 is 0 Å². The molecule has 2 unspecified atom stereocenters. The number of benzene rings is 1. The van der Waals surface area contributed by atoms with Crippen molar-refractivity contribution < 1.29 is 4.79 Å². The Bertz CT molecular complexity index is 650. The summed E-state index contributed by atoms with van der Waals surface area (Å²) in [5.41, 5.74) is 2.48. The minimum atomic E-state index is 0.152. The van der Waals surface area contributed by atoms with Crippen LogP contribution in [0.3, 0.4) is 0 Å². The number of hydrogen-bond acceptors (Lipinski definition) is 2. The number of nitrogens with one attached hydrogen (secondary N) is 1. The minimum absolute atomic E-state index is 0.152. The first-order valence-corrected chi connectivity index (χ1v) is 8.43. The molecule has 116 valence electrons. The van der Waals surface area contributed by atoms with Crippen LogP contribution < -0.4 is 5.32 Å². The molecule has 1 aliphatic carbocycles. The van der Waals surface area contributed by atoms with E-state index in [2.05, 4.69) is 38.5 Å². The van der Waals surface area contributed by atoms with Crippen molar-refractivity contribution in [2.75, 3.05) is 6.54 Å². The van der Waals surface area contributed by atoms with Gasteiger partial charge in [0.2, 0.25) is 5.91 Å². The van der Waals surface area contributed by atoms with Crippen molar-refractivity contribution in [2.45, 2.75) is 25.2 Å². The zero-order valence-electron chi connectivity index (χ0n) is 12.6. The third-order valence-corrected chi connectivity index (χ3v) is 4.65. The van der Waals surface area contributed by atoms with Gasteiger partial charge in [0.05, 0.1) is 6.20 Å². The molecule has 4 nitrogen and oxygen atoms in total. The fourth-order valence-electron chi connectivity index (χ4n) is 2.80. The van der Waals surface area contributed by atoms with E-state index in [0.29, 0.717) is 5.92 Å². The lowest BCUT2D eigenvalue weighted by Crippen LogP contribution is -2.26. The maximum absolute atomic E-state index is 12.1. The highest BCUT2D eigenvalue weighted by atomic mass is 79.9. The summed E-state index contributed by atoms with van der Waals surface area (Å²) in [6.45, 7) is 0.733. The Hall–Kier alpha value is -1.62. The van der Waals surface area contributed by atoms with Gasteiger partial charge in [-0.25, -0.2) is 0 Å². The molecule has 1 aliphatic rings. The molecule has 1 aromatic carbocycles. The Morgan fingerprint density at radius 2 is 2.18 bits per heavy atom. The van der Waals surface area contributed by atoms with E-state index in [-0.39, 0.29) is 11.8 Å². The lowest BCUT2D eigenvalue weighted by atomic mass is 10.1. The van der Waals surface area contributed by atoms with E-state index in [1.807, 2.05) is 31.6 Å². The molecule has 2 aromatic rings. The normalized spacial score (nSPS) is 19.9. The molecule has 1 amide bonds. The zero-order valence-corrected chi connectivity index (χ0v) is 14.2. The first kappa shape index (κ1) is 15.3. The summed E-state index contributed by atoms with van der Waals surface area (Å²) < 4.78 is 2.88. The van der Waals surface area contributed by atoms with Crippen LogP contribution in [0.25, 0.3) is 0 Å². The van der Waals surface area contributed by atoms with Crippen LogP contribution >= 0.6 is 15.9 Å². The second-order valence-corrected chi connectivity index (χ2v) is 6.83. The maximum atomic E-state index is 12.1. The van der Waals surface area contributed by atoms with Crippen LogP contribution in [0, 0.1) is 5.92 Å². The molecule has 1 aromatic heterocycles. The van der Waals surface area contributed by atoms with Crippen LogP contribution in [0.5, 0.6) is 0 Å². The van der Waals surface area contributed by atoms with E-state index in [4.69, 9.17) is 0 Å². The highest BCUT2D eigenvalue weighted by molar-refractivity contribution is 9.10. The summed E-state index contributed by atoms with van der Waals surface area (Å²) in [6.07, 6.45) is 6.77. The number of halogens is 1. The molecule has 1 saturated carbocycles. The van der Waals surface area contributed by atoms with Crippen molar-refractivity contribution in [2.24, 2.45) is 13.0 Å². The van der Waals surface area contributed by atoms with Crippen molar-refractivity contribution in [3.63, 3.8) is 0 Å². The molecular formula is C17H20BrN3O. The lowest BCUT2D eigenvalue weighted by Gasteiger charge is -2.04. The molecule has 1 N–H and O–H groups in total. The number of carbonyl (C=O) groups excluding carboxylic acids is 1. The Balaban J connectivity index is 1.39. The van der Waals surface area contributed by atoms with Gasteiger partial charge in [-0.05, 0) is 48.4 Å². The Labute approximate surface area is 139 Å². The zero-order chi connectivity index (χ0) is 15.5. The third kappa shape index (κ3) is 3.77. The average Bonchev–Trinajstić information content (AvgIpc) is 3.20. The van der Waals surface area contributed by atoms with Gasteiger partial charge in [0.15, 0.2) is 0 Å². The molecule has 2 atom stereocenters. The summed E-state index contributed by atoms with van der Waals surface area (Å²) in [7, 11) is 1.92. The smallest absolute Gasteiger partial charge is 0.223 e. The van der Waals surface area contributed by atoms with E-state index in [1.165, 1.54) is 11.1 Å². The number of rotatable bonds is 6. The van der Waals surface area contributed by atoms with E-state index >= 15 is 0 Å². The Kier molecular flexibility index (Phi) is 4.62. The number of carbonyl (C=O) groups is 1. The van der Waals surface area contributed by atoms with Crippen LogP contribution in [0.4, 0.5) is 0 Å². The molecule has 0 saturated heterocycles. The molecule has 1 fully saturated rings. The first-order chi connectivity index (χ1) is 10.6. The molecule has 5 heteroatoms. The van der Waals surface area contributed by atoms with Gasteiger partial charge in [-0.3, -0.25) is 9.48 Å². The molecule has 0 spiro atoms. The second-order valence-electron chi connectivity index (χ2n) is 5.92. The predicted octanol–water partition coefficient (Wildman–Crippen LogP) is 3.04. The number of nitrogens with zero attached hydrogens (tertiary/aromatic N) is 2. The van der Waals surface area contributed by atoms with Crippen molar-refractivity contribution in [1.29, 1.82) is 0 Å². The summed E-state index contributed by atoms with van der Waals surface area (Å²) >= 11 is 3.44. The fourth-order valence-corrected chi connectivity index (χ4v) is 3.06. The largest absolute Gasteiger partial charge is 0.356 e. The van der Waals surface area contributed by atoms with Gasteiger partial charge in [-0.15, -0.1) is 0 Å². The van der Waals surface area contributed by atoms with E-state index in [9.17, 15) is 4.79 Å². The monoisotopic (exact) mass is 361 g/mol. The first-order valence-electron chi connectivity index (χ1n) is 7.64. The summed E-state index contributed by atoms with van der Waals surface area (Å²) in [5, 5.41) is 7.20. The summed E-state index contributed by atoms with van der Waals surface area (Å²) in [4.78, 5) is 12.1. The SMILES string of the molecule is Cn1cc(CCCNC(=O)C2CC2c2ccc(Br)cc2)cn1. The van der Waals surface area contributed by atoms with Gasteiger partial charge in [-0.1, -0.05) is 28.1 Å². The summed E-state index contributed by atoms with van der Waals surface area (Å²) in [6, 6.07) is 8.28. The van der Waals surface area contributed by atoms with E-state index < -0.39 is 0 Å². The standard InChI is InChI=1S/C17H20BrN3O/c1-21-11-12(10-20-21)3-2-8-19-17(22)16-9-15(16)13-4-6-14(18)7-5-13/h4-7,10-11,15-16H,2-3,8-9H2,1H3,(H,19,22). The Morgan fingerprint density at radius 3 is 2.86 bits per heavy atom. The summed E-state index contributed by atoms with van der Waals surface area (Å²) in [5.74, 6) is 0.741. The maximum Gasteiger partial charge on any atom is 0.223 e. The highest BCUT2D eigenvalue weighted by Crippen LogP contribution is 2.47. The van der Waals surface area contributed by atoms with E-state index in [0.717, 1.165) is 30.3 Å². The van der Waals surface area contributed by atoms with Crippen LogP contribution in [0.2, 0.25) is 0 Å². The van der Waals surface area contributed by atoms with Crippen LogP contribution in [0.15, 0.2) is 41.1 Å². The van der Waals surface area contributed by atoms with Gasteiger partial charge in [0.1, 0.15) is 0 Å². The topological polar surface area (TPSA) is 46.9 Å².